The van der Waals surface area contributed by atoms with Gasteiger partial charge in [-0.2, -0.15) is 0 Å². The van der Waals surface area contributed by atoms with Crippen LogP contribution < -0.4 is 0 Å². The number of rotatable bonds is 6. The van der Waals surface area contributed by atoms with E-state index in [9.17, 15) is 5.11 Å². The molecule has 4 heteroatoms. The van der Waals surface area contributed by atoms with E-state index in [1.165, 1.54) is 5.56 Å². The molecule has 2 atom stereocenters. The molecule has 4 nitrogen and oxygen atoms in total. The van der Waals surface area contributed by atoms with E-state index in [-0.39, 0.29) is 12.6 Å². The van der Waals surface area contributed by atoms with Crippen molar-refractivity contribution >= 4 is 0 Å². The summed E-state index contributed by atoms with van der Waals surface area (Å²) in [4.78, 5) is 6.78. The zero-order valence-electron chi connectivity index (χ0n) is 16.9. The van der Waals surface area contributed by atoms with E-state index in [4.69, 9.17) is 4.74 Å². The number of aliphatic hydroxyl groups excluding tert-OH is 1. The van der Waals surface area contributed by atoms with Crippen LogP contribution in [0, 0.1) is 0 Å². The SMILES string of the molecule is C[C@@H](c1ccc(-c2ccccn2)cc1)N1CC[C@](CCO)(c2ccccc2)OC1. The number of aromatic nitrogens is 1. The Morgan fingerprint density at radius 1 is 1.03 bits per heavy atom. The van der Waals surface area contributed by atoms with Gasteiger partial charge in [-0.25, -0.2) is 0 Å². The number of hydrogen-bond donors (Lipinski definition) is 1. The van der Waals surface area contributed by atoms with Gasteiger partial charge >= 0.3 is 0 Å². The highest BCUT2D eigenvalue weighted by Gasteiger charge is 2.38. The van der Waals surface area contributed by atoms with Gasteiger partial charge in [-0.05, 0) is 36.6 Å². The van der Waals surface area contributed by atoms with Crippen LogP contribution in [0.4, 0.5) is 0 Å². The van der Waals surface area contributed by atoms with E-state index in [1.54, 1.807) is 0 Å². The Labute approximate surface area is 172 Å². The van der Waals surface area contributed by atoms with Crippen LogP contribution in [0.2, 0.25) is 0 Å². The molecule has 1 aromatic heterocycles. The highest BCUT2D eigenvalue weighted by Crippen LogP contribution is 2.38. The number of aliphatic hydroxyl groups is 1. The minimum absolute atomic E-state index is 0.124. The fraction of sp³-hybridized carbons (Fsp3) is 0.320. The Kier molecular flexibility index (Phi) is 6.05. The predicted octanol–water partition coefficient (Wildman–Crippen LogP) is 4.77. The maximum atomic E-state index is 9.62. The summed E-state index contributed by atoms with van der Waals surface area (Å²) in [5.41, 5.74) is 4.14. The fourth-order valence-corrected chi connectivity index (χ4v) is 4.14. The average molecular weight is 389 g/mol. The largest absolute Gasteiger partial charge is 0.396 e. The summed E-state index contributed by atoms with van der Waals surface area (Å²) in [6.07, 6.45) is 3.31. The molecule has 1 aliphatic heterocycles. The Hall–Kier alpha value is -2.53. The molecule has 1 aliphatic rings. The van der Waals surface area contributed by atoms with Gasteiger partial charge in [0.1, 0.15) is 6.73 Å². The van der Waals surface area contributed by atoms with Crippen LogP contribution in [0.3, 0.4) is 0 Å². The highest BCUT2D eigenvalue weighted by molar-refractivity contribution is 5.59. The van der Waals surface area contributed by atoms with Gasteiger partial charge in [0.2, 0.25) is 0 Å². The van der Waals surface area contributed by atoms with Crippen molar-refractivity contribution in [3.05, 3.63) is 90.1 Å². The lowest BCUT2D eigenvalue weighted by Gasteiger charge is -2.44. The second-order valence-corrected chi connectivity index (χ2v) is 7.68. The van der Waals surface area contributed by atoms with Crippen molar-refractivity contribution in [2.24, 2.45) is 0 Å². The summed E-state index contributed by atoms with van der Waals surface area (Å²) in [5, 5.41) is 9.62. The highest BCUT2D eigenvalue weighted by atomic mass is 16.5. The normalized spacial score (nSPS) is 21.0. The van der Waals surface area contributed by atoms with Crippen LogP contribution in [0.1, 0.15) is 36.9 Å². The summed E-state index contributed by atoms with van der Waals surface area (Å²) < 4.78 is 6.40. The Bertz CT molecular complexity index is 889. The summed E-state index contributed by atoms with van der Waals surface area (Å²) in [5.74, 6) is 0. The number of pyridine rings is 1. The Balaban J connectivity index is 1.45. The van der Waals surface area contributed by atoms with Gasteiger partial charge in [0, 0.05) is 37.4 Å². The lowest BCUT2D eigenvalue weighted by Crippen LogP contribution is -2.46. The molecular weight excluding hydrogens is 360 g/mol. The van der Waals surface area contributed by atoms with Gasteiger partial charge in [0.25, 0.3) is 0 Å². The first-order valence-corrected chi connectivity index (χ1v) is 10.3. The van der Waals surface area contributed by atoms with Gasteiger partial charge in [0.05, 0.1) is 11.3 Å². The van der Waals surface area contributed by atoms with E-state index in [0.29, 0.717) is 13.2 Å². The molecule has 0 aliphatic carbocycles. The van der Waals surface area contributed by atoms with Crippen molar-refractivity contribution in [1.29, 1.82) is 0 Å². The molecule has 29 heavy (non-hydrogen) atoms. The van der Waals surface area contributed by atoms with Crippen molar-refractivity contribution in [2.75, 3.05) is 19.9 Å². The van der Waals surface area contributed by atoms with Crippen molar-refractivity contribution in [3.63, 3.8) is 0 Å². The molecule has 3 aromatic rings. The summed E-state index contributed by atoms with van der Waals surface area (Å²) >= 11 is 0. The fourth-order valence-electron chi connectivity index (χ4n) is 4.14. The van der Waals surface area contributed by atoms with Crippen LogP contribution in [0.15, 0.2) is 79.0 Å². The first-order chi connectivity index (χ1) is 14.2. The lowest BCUT2D eigenvalue weighted by atomic mass is 9.86. The maximum absolute atomic E-state index is 9.62. The van der Waals surface area contributed by atoms with E-state index in [0.717, 1.165) is 29.8 Å². The minimum atomic E-state index is -0.394. The zero-order chi connectivity index (χ0) is 20.1. The lowest BCUT2D eigenvalue weighted by molar-refractivity contribution is -0.161. The topological polar surface area (TPSA) is 45.6 Å². The van der Waals surface area contributed by atoms with E-state index >= 15 is 0 Å². The monoisotopic (exact) mass is 388 g/mol. The molecule has 0 unspecified atom stereocenters. The van der Waals surface area contributed by atoms with Crippen molar-refractivity contribution in [2.45, 2.75) is 31.4 Å². The number of nitrogens with zero attached hydrogens (tertiary/aromatic N) is 2. The predicted molar refractivity (Wildman–Crippen MR) is 115 cm³/mol. The van der Waals surface area contributed by atoms with Gasteiger partial charge in [0.15, 0.2) is 0 Å². The molecular formula is C25H28N2O2. The molecule has 0 spiro atoms. The third kappa shape index (κ3) is 4.25. The summed E-state index contributed by atoms with van der Waals surface area (Å²) in [7, 11) is 0. The van der Waals surface area contributed by atoms with Crippen molar-refractivity contribution in [1.82, 2.24) is 9.88 Å². The third-order valence-electron chi connectivity index (χ3n) is 6.03. The van der Waals surface area contributed by atoms with Gasteiger partial charge in [-0.1, -0.05) is 60.7 Å². The van der Waals surface area contributed by atoms with E-state index < -0.39 is 5.60 Å². The number of benzene rings is 2. The third-order valence-corrected chi connectivity index (χ3v) is 6.03. The molecule has 1 fully saturated rings. The average Bonchev–Trinajstić information content (AvgIpc) is 2.80. The Morgan fingerprint density at radius 3 is 2.41 bits per heavy atom. The molecule has 1 N–H and O–H groups in total. The number of ether oxygens (including phenoxy) is 1. The van der Waals surface area contributed by atoms with Crippen molar-refractivity contribution in [3.8, 4) is 11.3 Å². The van der Waals surface area contributed by atoms with Crippen LogP contribution in [-0.2, 0) is 10.3 Å². The number of hydrogen-bond acceptors (Lipinski definition) is 4. The smallest absolute Gasteiger partial charge is 0.101 e. The minimum Gasteiger partial charge on any atom is -0.396 e. The van der Waals surface area contributed by atoms with Crippen LogP contribution >= 0.6 is 0 Å². The second-order valence-electron chi connectivity index (χ2n) is 7.68. The summed E-state index contributed by atoms with van der Waals surface area (Å²) in [6.45, 7) is 3.83. The van der Waals surface area contributed by atoms with Crippen LogP contribution in [0.25, 0.3) is 11.3 Å². The van der Waals surface area contributed by atoms with Gasteiger partial charge < -0.3 is 9.84 Å². The van der Waals surface area contributed by atoms with Crippen LogP contribution in [0.5, 0.6) is 0 Å². The standard InChI is InChI=1S/C25H28N2O2/c1-20(21-10-12-22(13-11-21)24-9-5-6-16-26-24)27-17-14-25(15-18-28,29-19-27)23-7-3-2-4-8-23/h2-13,16,20,28H,14-15,17-19H2,1H3/t20-,25-/m0/s1. The second kappa shape index (κ2) is 8.87. The van der Waals surface area contributed by atoms with Crippen molar-refractivity contribution < 1.29 is 9.84 Å². The molecule has 0 amide bonds. The molecule has 4 rings (SSSR count). The molecule has 2 heterocycles. The summed E-state index contributed by atoms with van der Waals surface area (Å²) in [6, 6.07) is 25.2. The van der Waals surface area contributed by atoms with E-state index in [2.05, 4.69) is 53.2 Å². The Morgan fingerprint density at radius 2 is 1.79 bits per heavy atom. The molecule has 0 radical (unpaired) electrons. The first kappa shape index (κ1) is 19.8. The quantitative estimate of drug-likeness (QED) is 0.661. The molecule has 1 saturated heterocycles. The maximum Gasteiger partial charge on any atom is 0.101 e. The molecule has 0 bridgehead atoms. The van der Waals surface area contributed by atoms with Gasteiger partial charge in [-0.3, -0.25) is 9.88 Å². The first-order valence-electron chi connectivity index (χ1n) is 10.3. The molecule has 150 valence electrons. The zero-order valence-corrected chi connectivity index (χ0v) is 16.9. The van der Waals surface area contributed by atoms with E-state index in [1.807, 2.05) is 42.6 Å². The molecule has 2 aromatic carbocycles. The molecule has 0 saturated carbocycles. The van der Waals surface area contributed by atoms with Gasteiger partial charge in [-0.15, -0.1) is 0 Å². The van der Waals surface area contributed by atoms with Crippen LogP contribution in [-0.4, -0.2) is 34.9 Å².